The lowest BCUT2D eigenvalue weighted by molar-refractivity contribution is -0.113. The summed E-state index contributed by atoms with van der Waals surface area (Å²) in [6.07, 6.45) is 1.85. The van der Waals surface area contributed by atoms with Gasteiger partial charge in [0.15, 0.2) is 5.16 Å². The predicted octanol–water partition coefficient (Wildman–Crippen LogP) is 5.11. The number of anilines is 1. The molecule has 1 aromatic heterocycles. The van der Waals surface area contributed by atoms with Gasteiger partial charge in [0.1, 0.15) is 0 Å². The lowest BCUT2D eigenvalue weighted by atomic mass is 10.1. The number of thioether (sulfide) groups is 1. The SMILES string of the molecule is O=C(CSc1nc2cc(Cl)ccc2c(=O)n1CC1CCCO1)Nc1cccc2ccccc12. The maximum atomic E-state index is 13.2. The number of rotatable bonds is 6. The molecular weight excluding hydrogens is 458 g/mol. The van der Waals surface area contributed by atoms with Gasteiger partial charge in [0, 0.05) is 22.7 Å². The second-order valence-electron chi connectivity index (χ2n) is 7.97. The molecule has 0 radical (unpaired) electrons. The highest BCUT2D eigenvalue weighted by Gasteiger charge is 2.21. The molecule has 0 aliphatic carbocycles. The fourth-order valence-corrected chi connectivity index (χ4v) is 5.06. The van der Waals surface area contributed by atoms with E-state index in [-0.39, 0.29) is 23.3 Å². The zero-order valence-corrected chi connectivity index (χ0v) is 19.4. The van der Waals surface area contributed by atoms with E-state index in [1.165, 1.54) is 11.8 Å². The van der Waals surface area contributed by atoms with E-state index in [1.807, 2.05) is 42.5 Å². The molecule has 2 heterocycles. The highest BCUT2D eigenvalue weighted by Crippen LogP contribution is 2.25. The quantitative estimate of drug-likeness (QED) is 0.307. The van der Waals surface area contributed by atoms with Crippen LogP contribution in [0.1, 0.15) is 12.8 Å². The number of halogens is 1. The Hall–Kier alpha value is -2.87. The van der Waals surface area contributed by atoms with Crippen LogP contribution in [-0.4, -0.2) is 33.9 Å². The number of nitrogens with one attached hydrogen (secondary N) is 1. The lowest BCUT2D eigenvalue weighted by Crippen LogP contribution is -2.29. The third kappa shape index (κ3) is 4.76. The van der Waals surface area contributed by atoms with Gasteiger partial charge in [-0.3, -0.25) is 14.2 Å². The number of fused-ring (bicyclic) bond motifs is 2. The molecule has 8 heteroatoms. The van der Waals surface area contributed by atoms with Crippen LogP contribution in [0.5, 0.6) is 0 Å². The number of hydrogen-bond donors (Lipinski definition) is 1. The van der Waals surface area contributed by atoms with E-state index >= 15 is 0 Å². The Morgan fingerprint density at radius 2 is 2.00 bits per heavy atom. The van der Waals surface area contributed by atoms with Crippen molar-refractivity contribution in [2.24, 2.45) is 0 Å². The molecule has 1 aliphatic heterocycles. The van der Waals surface area contributed by atoms with Gasteiger partial charge in [-0.25, -0.2) is 4.98 Å². The Labute approximate surface area is 199 Å². The molecule has 6 nitrogen and oxygen atoms in total. The number of ether oxygens (including phenoxy) is 1. The van der Waals surface area contributed by atoms with Crippen LogP contribution in [-0.2, 0) is 16.1 Å². The average molecular weight is 480 g/mol. The average Bonchev–Trinajstić information content (AvgIpc) is 3.33. The van der Waals surface area contributed by atoms with E-state index in [9.17, 15) is 9.59 Å². The Morgan fingerprint density at radius 1 is 1.15 bits per heavy atom. The summed E-state index contributed by atoms with van der Waals surface area (Å²) in [5.41, 5.74) is 1.13. The maximum Gasteiger partial charge on any atom is 0.262 e. The fourth-order valence-electron chi connectivity index (χ4n) is 4.09. The first kappa shape index (κ1) is 21.9. The van der Waals surface area contributed by atoms with Gasteiger partial charge < -0.3 is 10.1 Å². The van der Waals surface area contributed by atoms with Crippen LogP contribution in [0, 0.1) is 0 Å². The zero-order valence-electron chi connectivity index (χ0n) is 17.8. The molecule has 1 unspecified atom stereocenters. The second-order valence-corrected chi connectivity index (χ2v) is 9.35. The molecule has 3 aromatic carbocycles. The highest BCUT2D eigenvalue weighted by molar-refractivity contribution is 7.99. The van der Waals surface area contributed by atoms with Gasteiger partial charge in [-0.05, 0) is 42.5 Å². The van der Waals surface area contributed by atoms with Crippen LogP contribution >= 0.6 is 23.4 Å². The highest BCUT2D eigenvalue weighted by atomic mass is 35.5. The minimum atomic E-state index is -0.166. The molecule has 1 N–H and O–H groups in total. The second kappa shape index (κ2) is 9.55. The van der Waals surface area contributed by atoms with Crippen molar-refractivity contribution in [3.8, 4) is 0 Å². The van der Waals surface area contributed by atoms with Crippen LogP contribution in [0.25, 0.3) is 21.7 Å². The first-order valence-corrected chi connectivity index (χ1v) is 12.2. The van der Waals surface area contributed by atoms with Gasteiger partial charge in [0.25, 0.3) is 5.56 Å². The Kier molecular flexibility index (Phi) is 6.35. The number of hydrogen-bond acceptors (Lipinski definition) is 5. The Balaban J connectivity index is 1.41. The molecule has 1 aliphatic rings. The molecule has 1 fully saturated rings. The molecule has 33 heavy (non-hydrogen) atoms. The van der Waals surface area contributed by atoms with Gasteiger partial charge in [-0.1, -0.05) is 59.8 Å². The third-order valence-corrected chi connectivity index (χ3v) is 6.90. The molecule has 1 saturated heterocycles. The normalized spacial score (nSPS) is 15.8. The number of amides is 1. The number of benzene rings is 3. The van der Waals surface area contributed by atoms with Crippen molar-refractivity contribution in [1.29, 1.82) is 0 Å². The summed E-state index contributed by atoms with van der Waals surface area (Å²) in [6, 6.07) is 18.8. The van der Waals surface area contributed by atoms with E-state index in [0.29, 0.717) is 34.2 Å². The largest absolute Gasteiger partial charge is 0.376 e. The van der Waals surface area contributed by atoms with Crippen molar-refractivity contribution in [1.82, 2.24) is 9.55 Å². The van der Waals surface area contributed by atoms with E-state index in [0.717, 1.165) is 29.3 Å². The monoisotopic (exact) mass is 479 g/mol. The van der Waals surface area contributed by atoms with E-state index in [4.69, 9.17) is 16.3 Å². The van der Waals surface area contributed by atoms with Gasteiger partial charge in [0.2, 0.25) is 5.91 Å². The summed E-state index contributed by atoms with van der Waals surface area (Å²) in [5.74, 6) is -0.0479. The number of carbonyl (C=O) groups excluding carboxylic acids is 1. The zero-order chi connectivity index (χ0) is 22.8. The van der Waals surface area contributed by atoms with E-state index in [1.54, 1.807) is 22.8 Å². The van der Waals surface area contributed by atoms with Crippen molar-refractivity contribution >= 4 is 56.6 Å². The minimum Gasteiger partial charge on any atom is -0.376 e. The topological polar surface area (TPSA) is 73.2 Å². The van der Waals surface area contributed by atoms with Crippen LogP contribution in [0.4, 0.5) is 5.69 Å². The summed E-state index contributed by atoms with van der Waals surface area (Å²) >= 11 is 7.37. The van der Waals surface area contributed by atoms with Crippen molar-refractivity contribution in [3.63, 3.8) is 0 Å². The summed E-state index contributed by atoms with van der Waals surface area (Å²) in [7, 11) is 0. The van der Waals surface area contributed by atoms with Crippen molar-refractivity contribution < 1.29 is 9.53 Å². The Bertz CT molecular complexity index is 1390. The molecule has 168 valence electrons. The van der Waals surface area contributed by atoms with Crippen LogP contribution < -0.4 is 10.9 Å². The minimum absolute atomic E-state index is 0.0295. The van der Waals surface area contributed by atoms with Gasteiger partial charge >= 0.3 is 0 Å². The summed E-state index contributed by atoms with van der Waals surface area (Å²) in [5, 5.41) is 6.52. The first-order chi connectivity index (χ1) is 16.1. The lowest BCUT2D eigenvalue weighted by Gasteiger charge is -2.16. The van der Waals surface area contributed by atoms with Crippen LogP contribution in [0.2, 0.25) is 5.02 Å². The summed E-state index contributed by atoms with van der Waals surface area (Å²) in [6.45, 7) is 1.11. The van der Waals surface area contributed by atoms with E-state index in [2.05, 4.69) is 10.3 Å². The molecule has 1 atom stereocenters. The summed E-state index contributed by atoms with van der Waals surface area (Å²) in [4.78, 5) is 30.7. The molecule has 0 spiro atoms. The molecule has 4 aromatic rings. The van der Waals surface area contributed by atoms with Crippen molar-refractivity contribution in [2.75, 3.05) is 17.7 Å². The third-order valence-electron chi connectivity index (χ3n) is 5.69. The molecule has 0 saturated carbocycles. The summed E-state index contributed by atoms with van der Waals surface area (Å²) < 4.78 is 7.37. The number of nitrogens with zero attached hydrogens (tertiary/aromatic N) is 2. The first-order valence-electron chi connectivity index (χ1n) is 10.8. The predicted molar refractivity (Wildman–Crippen MR) is 133 cm³/mol. The molecule has 0 bridgehead atoms. The molecule has 5 rings (SSSR count). The smallest absolute Gasteiger partial charge is 0.262 e. The number of carbonyl (C=O) groups is 1. The Morgan fingerprint density at radius 3 is 2.85 bits per heavy atom. The molecular formula is C25H22ClN3O3S. The van der Waals surface area contributed by atoms with E-state index < -0.39 is 0 Å². The van der Waals surface area contributed by atoms with Crippen molar-refractivity contribution in [3.05, 3.63) is 76.0 Å². The van der Waals surface area contributed by atoms with Crippen LogP contribution in [0.3, 0.4) is 0 Å². The standard InChI is InChI=1S/C25H22ClN3O3S/c26-17-10-11-20-22(13-17)28-25(29(24(20)31)14-18-7-4-12-32-18)33-15-23(30)27-21-9-3-6-16-5-1-2-8-19(16)21/h1-3,5-6,8-11,13,18H,4,7,12,14-15H2,(H,27,30). The maximum absolute atomic E-state index is 13.2. The number of aromatic nitrogens is 2. The van der Waals surface area contributed by atoms with Crippen molar-refractivity contribution in [2.45, 2.75) is 30.6 Å². The molecule has 1 amide bonds. The van der Waals surface area contributed by atoms with Gasteiger partial charge in [-0.2, -0.15) is 0 Å². The van der Waals surface area contributed by atoms with Crippen LogP contribution in [0.15, 0.2) is 70.6 Å². The van der Waals surface area contributed by atoms with Gasteiger partial charge in [-0.15, -0.1) is 0 Å². The fraction of sp³-hybridized carbons (Fsp3) is 0.240. The van der Waals surface area contributed by atoms with Gasteiger partial charge in [0.05, 0.1) is 29.3 Å².